The third-order valence-corrected chi connectivity index (χ3v) is 4.92. The van der Waals surface area contributed by atoms with E-state index in [9.17, 15) is 0 Å². The van der Waals surface area contributed by atoms with Crippen molar-refractivity contribution in [2.24, 2.45) is 10.7 Å². The molecule has 3 rings (SSSR count). The molecule has 0 bridgehead atoms. The van der Waals surface area contributed by atoms with E-state index >= 15 is 0 Å². The van der Waals surface area contributed by atoms with Gasteiger partial charge in [-0.3, -0.25) is 4.99 Å². The fourth-order valence-corrected chi connectivity index (χ4v) is 3.15. The molecule has 0 heterocycles. The van der Waals surface area contributed by atoms with Crippen LogP contribution in [0.15, 0.2) is 47.1 Å². The third-order valence-electron chi connectivity index (χ3n) is 4.92. The van der Waals surface area contributed by atoms with Crippen molar-refractivity contribution in [3.05, 3.63) is 53.2 Å². The first kappa shape index (κ1) is 14.8. The Morgan fingerprint density at radius 1 is 1.14 bits per heavy atom. The second kappa shape index (κ2) is 5.28. The van der Waals surface area contributed by atoms with Gasteiger partial charge in [-0.1, -0.05) is 37.3 Å². The van der Waals surface area contributed by atoms with E-state index in [1.165, 1.54) is 34.7 Å². The van der Waals surface area contributed by atoms with E-state index in [0.29, 0.717) is 5.41 Å². The number of nitrogens with zero attached hydrogens (tertiary/aromatic N) is 1. The molecule has 2 heteroatoms. The first-order valence-corrected chi connectivity index (χ1v) is 7.90. The summed E-state index contributed by atoms with van der Waals surface area (Å²) >= 11 is 0. The topological polar surface area (TPSA) is 38.4 Å². The largest absolute Gasteiger partial charge is 0.402 e. The smallest absolute Gasteiger partial charge is 0.0409 e. The van der Waals surface area contributed by atoms with Crippen molar-refractivity contribution in [3.63, 3.8) is 0 Å². The lowest BCUT2D eigenvalue weighted by Gasteiger charge is -2.17. The van der Waals surface area contributed by atoms with E-state index in [1.54, 1.807) is 0 Å². The van der Waals surface area contributed by atoms with Crippen LogP contribution < -0.4 is 5.73 Å². The molecule has 1 aliphatic carbocycles. The predicted octanol–water partition coefficient (Wildman–Crippen LogP) is 4.67. The molecule has 2 aromatic carbocycles. The number of benzene rings is 2. The Bertz CT molecular complexity index is 788. The maximum Gasteiger partial charge on any atom is 0.0409 e. The predicted molar refractivity (Wildman–Crippen MR) is 96.3 cm³/mol. The fraction of sp³-hybridized carbons (Fsp3) is 0.350. The van der Waals surface area contributed by atoms with E-state index in [2.05, 4.69) is 48.3 Å². The highest BCUT2D eigenvalue weighted by atomic mass is 14.7. The maximum atomic E-state index is 6.21. The molecule has 0 aromatic heterocycles. The van der Waals surface area contributed by atoms with E-state index in [-0.39, 0.29) is 0 Å². The zero-order valence-electron chi connectivity index (χ0n) is 13.9. The quantitative estimate of drug-likeness (QED) is 0.820. The van der Waals surface area contributed by atoms with E-state index in [4.69, 9.17) is 5.73 Å². The van der Waals surface area contributed by atoms with Crippen LogP contribution in [0.3, 0.4) is 0 Å². The molecule has 0 atom stereocenters. The minimum absolute atomic E-state index is 0.337. The van der Waals surface area contributed by atoms with Gasteiger partial charge in [-0.2, -0.15) is 0 Å². The molecule has 0 saturated heterocycles. The van der Waals surface area contributed by atoms with Crippen molar-refractivity contribution in [1.29, 1.82) is 0 Å². The molecular weight excluding hydrogens is 268 g/mol. The number of allylic oxidation sites excluding steroid dienone is 2. The van der Waals surface area contributed by atoms with Gasteiger partial charge in [0.2, 0.25) is 0 Å². The number of rotatable bonds is 3. The van der Waals surface area contributed by atoms with Crippen LogP contribution in [0.5, 0.6) is 0 Å². The highest BCUT2D eigenvalue weighted by Gasteiger charge is 2.39. The highest BCUT2D eigenvalue weighted by Crippen LogP contribution is 2.49. The maximum absolute atomic E-state index is 6.21. The summed E-state index contributed by atoms with van der Waals surface area (Å²) in [5, 5.41) is 2.53. The second-order valence-corrected chi connectivity index (χ2v) is 6.67. The highest BCUT2D eigenvalue weighted by molar-refractivity contribution is 6.26. The van der Waals surface area contributed by atoms with Gasteiger partial charge < -0.3 is 5.73 Å². The summed E-state index contributed by atoms with van der Waals surface area (Å²) in [6.07, 6.45) is 2.54. The van der Waals surface area contributed by atoms with Crippen LogP contribution in [0.25, 0.3) is 16.3 Å². The van der Waals surface area contributed by atoms with Crippen molar-refractivity contribution < 1.29 is 0 Å². The normalized spacial score (nSPS) is 18.3. The van der Waals surface area contributed by atoms with E-state index in [1.807, 2.05) is 20.9 Å². The summed E-state index contributed by atoms with van der Waals surface area (Å²) in [6.45, 7) is 6.34. The van der Waals surface area contributed by atoms with E-state index < -0.39 is 0 Å². The van der Waals surface area contributed by atoms with Gasteiger partial charge in [-0.15, -0.1) is 0 Å². The summed E-state index contributed by atoms with van der Waals surface area (Å²) in [4.78, 5) is 4.38. The third kappa shape index (κ3) is 2.43. The van der Waals surface area contributed by atoms with Gasteiger partial charge in [0.05, 0.1) is 0 Å². The first-order chi connectivity index (χ1) is 10.5. The molecule has 1 saturated carbocycles. The first-order valence-electron chi connectivity index (χ1n) is 7.90. The van der Waals surface area contributed by atoms with Crippen molar-refractivity contribution in [2.75, 3.05) is 7.05 Å². The molecule has 114 valence electrons. The molecule has 2 N–H and O–H groups in total. The Morgan fingerprint density at radius 2 is 1.82 bits per heavy atom. The van der Waals surface area contributed by atoms with Gasteiger partial charge in [0.1, 0.15) is 0 Å². The average Bonchev–Trinajstić information content (AvgIpc) is 3.25. The molecule has 0 amide bonds. The Labute approximate surface area is 132 Å². The number of nitrogens with two attached hydrogens (primary N) is 1. The average molecular weight is 292 g/mol. The van der Waals surface area contributed by atoms with Crippen LogP contribution in [-0.4, -0.2) is 12.8 Å². The van der Waals surface area contributed by atoms with Crippen molar-refractivity contribution in [1.82, 2.24) is 0 Å². The zero-order valence-corrected chi connectivity index (χ0v) is 13.9. The Morgan fingerprint density at radius 3 is 2.41 bits per heavy atom. The van der Waals surface area contributed by atoms with Gasteiger partial charge in [-0.25, -0.2) is 0 Å². The van der Waals surface area contributed by atoms with Crippen LogP contribution in [-0.2, 0) is 5.41 Å². The minimum Gasteiger partial charge on any atom is -0.402 e. The van der Waals surface area contributed by atoms with Gasteiger partial charge in [-0.05, 0) is 60.1 Å². The van der Waals surface area contributed by atoms with E-state index in [0.717, 1.165) is 17.0 Å². The van der Waals surface area contributed by atoms with Crippen LogP contribution >= 0.6 is 0 Å². The molecule has 1 fully saturated rings. The number of aliphatic imine (C=N–C) groups is 1. The second-order valence-electron chi connectivity index (χ2n) is 6.67. The molecule has 0 aliphatic heterocycles. The summed E-state index contributed by atoms with van der Waals surface area (Å²) in [7, 11) is 1.83. The summed E-state index contributed by atoms with van der Waals surface area (Å²) in [5.74, 6) is 0. The molecule has 22 heavy (non-hydrogen) atoms. The van der Waals surface area contributed by atoms with Crippen molar-refractivity contribution >= 4 is 22.1 Å². The molecule has 0 radical (unpaired) electrons. The Hall–Kier alpha value is -2.09. The summed E-state index contributed by atoms with van der Waals surface area (Å²) in [6, 6.07) is 13.2. The zero-order chi connectivity index (χ0) is 15.9. The van der Waals surface area contributed by atoms with Crippen LogP contribution in [0.4, 0.5) is 0 Å². The lowest BCUT2D eigenvalue weighted by molar-refractivity contribution is 0.789. The van der Waals surface area contributed by atoms with Crippen molar-refractivity contribution in [2.45, 2.75) is 39.0 Å². The number of fused-ring (bicyclic) bond motifs is 1. The molecular formula is C20H24N2. The lowest BCUT2D eigenvalue weighted by Crippen LogP contribution is -2.08. The molecule has 1 aliphatic rings. The van der Waals surface area contributed by atoms with Gasteiger partial charge >= 0.3 is 0 Å². The van der Waals surface area contributed by atoms with Crippen LogP contribution in [0, 0.1) is 0 Å². The van der Waals surface area contributed by atoms with Crippen molar-refractivity contribution in [3.8, 4) is 0 Å². The van der Waals surface area contributed by atoms with Crippen LogP contribution in [0.2, 0.25) is 0 Å². The number of hydrogen-bond acceptors (Lipinski definition) is 2. The Balaban J connectivity index is 2.34. The summed E-state index contributed by atoms with van der Waals surface area (Å²) in [5.41, 5.74) is 12.1. The minimum atomic E-state index is 0.337. The van der Waals surface area contributed by atoms with Gasteiger partial charge in [0, 0.05) is 24.0 Å². The van der Waals surface area contributed by atoms with Crippen LogP contribution in [0.1, 0.15) is 44.7 Å². The Kier molecular flexibility index (Phi) is 3.56. The standard InChI is InChI=1S/C20H24N2/c1-13(21)19(14(2)22-4)18-12-16(20(3)9-10-20)11-15-7-5-6-8-17(15)18/h5-8,11-12H,9-10,21H2,1-4H3/b19-13+,22-14?. The monoisotopic (exact) mass is 292 g/mol. The van der Waals surface area contributed by atoms with Gasteiger partial charge in [0.15, 0.2) is 0 Å². The van der Waals surface area contributed by atoms with Gasteiger partial charge in [0.25, 0.3) is 0 Å². The number of hydrogen-bond donors (Lipinski definition) is 1. The lowest BCUT2D eigenvalue weighted by atomic mass is 9.88. The molecule has 0 unspecified atom stereocenters. The SMILES string of the molecule is CN=C(C)/C(=C(/C)N)c1cc(C2(C)CC2)cc2ccccc12. The molecule has 2 nitrogen and oxygen atoms in total. The molecule has 2 aromatic rings. The summed E-state index contributed by atoms with van der Waals surface area (Å²) < 4.78 is 0. The fourth-order valence-electron chi connectivity index (χ4n) is 3.15. The molecule has 0 spiro atoms.